The molecule has 0 atom stereocenters. The first-order valence-corrected chi connectivity index (χ1v) is 20.6. The van der Waals surface area contributed by atoms with Crippen LogP contribution in [0.25, 0.3) is 82.1 Å². The molecule has 59 heavy (non-hydrogen) atoms. The number of nitrogens with zero attached hydrogens (tertiary/aromatic N) is 2. The van der Waals surface area contributed by atoms with Gasteiger partial charge < -0.3 is 9.47 Å². The van der Waals surface area contributed by atoms with Crippen LogP contribution in [0.1, 0.15) is 25.0 Å². The Morgan fingerprint density at radius 3 is 1.73 bits per heavy atom. The van der Waals surface area contributed by atoms with E-state index < -0.39 is 0 Å². The summed E-state index contributed by atoms with van der Waals surface area (Å²) in [6, 6.07) is 76.2. The van der Waals surface area contributed by atoms with Crippen LogP contribution in [0.4, 0.5) is 17.1 Å². The Morgan fingerprint density at radius 1 is 0.373 bits per heavy atom. The van der Waals surface area contributed by atoms with E-state index in [1.54, 1.807) is 0 Å². The summed E-state index contributed by atoms with van der Waals surface area (Å²) in [5, 5.41) is 10.0. The third-order valence-corrected chi connectivity index (χ3v) is 12.9. The number of aromatic nitrogens is 1. The van der Waals surface area contributed by atoms with Crippen molar-refractivity contribution in [1.29, 1.82) is 0 Å². The molecule has 10 aromatic carbocycles. The first kappa shape index (κ1) is 33.7. The highest BCUT2D eigenvalue weighted by Gasteiger charge is 2.36. The average molecular weight is 753 g/mol. The summed E-state index contributed by atoms with van der Waals surface area (Å²) < 4.78 is 2.46. The second-order valence-corrected chi connectivity index (χ2v) is 16.6. The molecule has 1 heterocycles. The standard InChI is InChI=1S/C57H40N2/c1-57(2)52-35-43(58(54-24-12-18-38-14-6-8-20-47(38)54)42-27-25-39(26-28-42)46-22-11-17-37-13-5-7-19-45(37)46)29-31-48(52)49-32-30-44(36-53(49)57)59-55-23-10-9-21-50(55)51-33-40-15-3-4-16-41(40)34-56(51)59/h3-36H,1-2H3. The van der Waals surface area contributed by atoms with Crippen LogP contribution in [0, 0.1) is 0 Å². The molecule has 0 bridgehead atoms. The third-order valence-electron chi connectivity index (χ3n) is 12.9. The highest BCUT2D eigenvalue weighted by molar-refractivity contribution is 6.13. The average Bonchev–Trinajstić information content (AvgIpc) is 3.72. The second-order valence-electron chi connectivity index (χ2n) is 16.6. The molecule has 2 heteroatoms. The van der Waals surface area contributed by atoms with E-state index in [1.807, 2.05) is 0 Å². The van der Waals surface area contributed by atoms with Crippen molar-refractivity contribution in [3.05, 3.63) is 217 Å². The van der Waals surface area contributed by atoms with Crippen LogP contribution in [0.2, 0.25) is 0 Å². The molecule has 0 aliphatic heterocycles. The van der Waals surface area contributed by atoms with E-state index >= 15 is 0 Å². The molecule has 2 nitrogen and oxygen atoms in total. The summed E-state index contributed by atoms with van der Waals surface area (Å²) in [6.45, 7) is 4.79. The lowest BCUT2D eigenvalue weighted by atomic mass is 9.82. The minimum atomic E-state index is -0.231. The van der Waals surface area contributed by atoms with Crippen LogP contribution in [0.5, 0.6) is 0 Å². The van der Waals surface area contributed by atoms with Gasteiger partial charge in [0.1, 0.15) is 0 Å². The predicted octanol–water partition coefficient (Wildman–Crippen LogP) is 15.7. The van der Waals surface area contributed by atoms with Crippen molar-refractivity contribution in [2.75, 3.05) is 4.90 Å². The molecule has 0 spiro atoms. The van der Waals surface area contributed by atoms with E-state index in [0.717, 1.165) is 17.1 Å². The molecule has 0 N–H and O–H groups in total. The van der Waals surface area contributed by atoms with Gasteiger partial charge in [-0.1, -0.05) is 159 Å². The van der Waals surface area contributed by atoms with Crippen molar-refractivity contribution in [2.24, 2.45) is 0 Å². The van der Waals surface area contributed by atoms with Gasteiger partial charge in [-0.3, -0.25) is 0 Å². The smallest absolute Gasteiger partial charge is 0.0547 e. The Morgan fingerprint density at radius 2 is 0.949 bits per heavy atom. The van der Waals surface area contributed by atoms with E-state index in [0.29, 0.717) is 0 Å². The predicted molar refractivity (Wildman–Crippen MR) is 251 cm³/mol. The van der Waals surface area contributed by atoms with Gasteiger partial charge in [-0.05, 0) is 121 Å². The van der Waals surface area contributed by atoms with Crippen LogP contribution in [0.15, 0.2) is 206 Å². The zero-order valence-electron chi connectivity index (χ0n) is 33.0. The minimum absolute atomic E-state index is 0.231. The van der Waals surface area contributed by atoms with Crippen LogP contribution >= 0.6 is 0 Å². The minimum Gasteiger partial charge on any atom is -0.310 e. The fourth-order valence-corrected chi connectivity index (χ4v) is 10.0. The molecule has 11 aromatic rings. The number of fused-ring (bicyclic) bond motifs is 9. The molecule has 0 radical (unpaired) electrons. The zero-order valence-corrected chi connectivity index (χ0v) is 33.0. The molecule has 12 rings (SSSR count). The van der Waals surface area contributed by atoms with Gasteiger partial charge in [0.05, 0.1) is 16.7 Å². The highest BCUT2D eigenvalue weighted by Crippen LogP contribution is 2.52. The molecule has 0 amide bonds. The third kappa shape index (κ3) is 5.13. The lowest BCUT2D eigenvalue weighted by Crippen LogP contribution is -2.17. The van der Waals surface area contributed by atoms with Crippen LogP contribution in [-0.2, 0) is 5.41 Å². The highest BCUT2D eigenvalue weighted by atomic mass is 15.1. The molecule has 0 saturated heterocycles. The first-order chi connectivity index (χ1) is 29.0. The zero-order chi connectivity index (χ0) is 39.2. The molecular formula is C57H40N2. The number of benzene rings is 10. The molecule has 0 fully saturated rings. The maximum absolute atomic E-state index is 2.46. The number of hydrogen-bond acceptors (Lipinski definition) is 1. The van der Waals surface area contributed by atoms with Crippen molar-refractivity contribution in [3.63, 3.8) is 0 Å². The summed E-state index contributed by atoms with van der Waals surface area (Å²) in [7, 11) is 0. The largest absolute Gasteiger partial charge is 0.310 e. The van der Waals surface area contributed by atoms with Crippen LogP contribution in [-0.4, -0.2) is 4.57 Å². The van der Waals surface area contributed by atoms with Crippen molar-refractivity contribution >= 4 is 71.2 Å². The molecular weight excluding hydrogens is 713 g/mol. The maximum atomic E-state index is 2.46. The van der Waals surface area contributed by atoms with Gasteiger partial charge in [-0.2, -0.15) is 0 Å². The molecule has 1 aliphatic rings. The normalized spacial score (nSPS) is 13.1. The Labute approximate surface area is 343 Å². The summed E-state index contributed by atoms with van der Waals surface area (Å²) in [4.78, 5) is 2.45. The Hall–Kier alpha value is -7.42. The fourth-order valence-electron chi connectivity index (χ4n) is 10.0. The van der Waals surface area contributed by atoms with Crippen LogP contribution in [0.3, 0.4) is 0 Å². The van der Waals surface area contributed by atoms with Crippen molar-refractivity contribution < 1.29 is 0 Å². The quantitative estimate of drug-likeness (QED) is 0.170. The van der Waals surface area contributed by atoms with E-state index in [4.69, 9.17) is 0 Å². The second kappa shape index (κ2) is 12.8. The summed E-state index contributed by atoms with van der Waals surface area (Å²) in [5.41, 5.74) is 14.6. The molecule has 1 aliphatic carbocycles. The number of hydrogen-bond donors (Lipinski definition) is 0. The lowest BCUT2D eigenvalue weighted by molar-refractivity contribution is 0.660. The van der Waals surface area contributed by atoms with Gasteiger partial charge in [0.15, 0.2) is 0 Å². The summed E-state index contributed by atoms with van der Waals surface area (Å²) in [5.74, 6) is 0. The summed E-state index contributed by atoms with van der Waals surface area (Å²) >= 11 is 0. The number of rotatable bonds is 5. The fraction of sp³-hybridized carbons (Fsp3) is 0.0526. The molecule has 0 saturated carbocycles. The Kier molecular flexibility index (Phi) is 7.31. The molecule has 278 valence electrons. The van der Waals surface area contributed by atoms with E-state index in [-0.39, 0.29) is 5.41 Å². The van der Waals surface area contributed by atoms with Gasteiger partial charge in [-0.25, -0.2) is 0 Å². The Balaban J connectivity index is 0.997. The van der Waals surface area contributed by atoms with Gasteiger partial charge in [0.2, 0.25) is 0 Å². The van der Waals surface area contributed by atoms with Crippen molar-refractivity contribution in [3.8, 4) is 27.9 Å². The van der Waals surface area contributed by atoms with Crippen molar-refractivity contribution in [2.45, 2.75) is 19.3 Å². The number of para-hydroxylation sites is 1. The van der Waals surface area contributed by atoms with E-state index in [1.165, 1.54) is 93.2 Å². The van der Waals surface area contributed by atoms with E-state index in [2.05, 4.69) is 230 Å². The van der Waals surface area contributed by atoms with Gasteiger partial charge >= 0.3 is 0 Å². The topological polar surface area (TPSA) is 8.17 Å². The monoisotopic (exact) mass is 752 g/mol. The maximum Gasteiger partial charge on any atom is 0.0547 e. The first-order valence-electron chi connectivity index (χ1n) is 20.6. The van der Waals surface area contributed by atoms with Gasteiger partial charge in [-0.15, -0.1) is 0 Å². The van der Waals surface area contributed by atoms with E-state index in [9.17, 15) is 0 Å². The van der Waals surface area contributed by atoms with Gasteiger partial charge in [0, 0.05) is 38.6 Å². The SMILES string of the molecule is CC1(C)c2cc(N(c3ccc(-c4cccc5ccccc45)cc3)c3cccc4ccccc34)ccc2-c2ccc(-n3c4ccccc4c4cc5ccccc5cc43)cc21. The Bertz CT molecular complexity index is 3470. The van der Waals surface area contributed by atoms with Crippen molar-refractivity contribution in [1.82, 2.24) is 4.57 Å². The summed E-state index contributed by atoms with van der Waals surface area (Å²) in [6.07, 6.45) is 0. The van der Waals surface area contributed by atoms with Crippen LogP contribution < -0.4 is 4.90 Å². The molecule has 0 unspecified atom stereocenters. The van der Waals surface area contributed by atoms with Gasteiger partial charge in [0.25, 0.3) is 0 Å². The lowest BCUT2D eigenvalue weighted by Gasteiger charge is -2.29. The molecule has 1 aromatic heterocycles. The number of anilines is 3.